The van der Waals surface area contributed by atoms with Gasteiger partial charge in [0.05, 0.1) is 27.5 Å². The zero-order chi connectivity index (χ0) is 61.4. The predicted molar refractivity (Wildman–Crippen MR) is 390 cm³/mol. The van der Waals surface area contributed by atoms with Crippen LogP contribution in [0, 0.1) is 0 Å². The fourth-order valence-corrected chi connectivity index (χ4v) is 15.2. The summed E-state index contributed by atoms with van der Waals surface area (Å²) in [7, 11) is 0. The third kappa shape index (κ3) is 9.02. The summed E-state index contributed by atoms with van der Waals surface area (Å²) in [4.78, 5) is 0. The van der Waals surface area contributed by atoms with Crippen molar-refractivity contribution in [3.05, 3.63) is 386 Å². The monoisotopic (exact) mass is 1180 g/mol. The van der Waals surface area contributed by atoms with E-state index in [2.05, 4.69) is 373 Å². The summed E-state index contributed by atoms with van der Waals surface area (Å²) in [6.45, 7) is 0. The van der Waals surface area contributed by atoms with Gasteiger partial charge in [-0.05, 0) is 178 Å². The van der Waals surface area contributed by atoms with Crippen molar-refractivity contribution in [2.45, 2.75) is 5.41 Å². The topological polar surface area (TPSA) is 9.86 Å². The lowest BCUT2D eigenvalue weighted by atomic mass is 9.67. The summed E-state index contributed by atoms with van der Waals surface area (Å²) < 4.78 is 4.84. The number of fused-ring (bicyclic) bond motifs is 9. The molecule has 0 saturated heterocycles. The first-order valence-electron chi connectivity index (χ1n) is 32.2. The Hall–Kier alpha value is -12.1. The number of hydrogen-bond acceptors (Lipinski definition) is 0. The molecule has 0 bridgehead atoms. The van der Waals surface area contributed by atoms with Crippen molar-refractivity contribution in [3.63, 3.8) is 0 Å². The maximum Gasteiger partial charge on any atom is 0.0713 e. The SMILES string of the molecule is c1ccc(-c2ccc(-c3ccc(C4(c5cccc(-c6ccc(-c7ccc(-c8cccc(-n9c%10ccccc%10c%10cc(-c%11ccc%12c(c%11)c%11ccccc%11n%12-c%11cccc(-c%12ccccc%12)c%11)ccc%109)c8)cc7)cc6)c5)c5ccccc5-c5ccccc54)cc3)cc2)cc1. The molecule has 0 aliphatic heterocycles. The Kier molecular flexibility index (Phi) is 12.8. The molecule has 434 valence electrons. The molecule has 0 N–H and O–H groups in total. The summed E-state index contributed by atoms with van der Waals surface area (Å²) >= 11 is 0. The molecule has 0 fully saturated rings. The Balaban J connectivity index is 0.632. The van der Waals surface area contributed by atoms with Gasteiger partial charge in [0.2, 0.25) is 0 Å². The highest BCUT2D eigenvalue weighted by Gasteiger charge is 2.46. The Bertz CT molecular complexity index is 5650. The molecule has 1 aliphatic rings. The van der Waals surface area contributed by atoms with Gasteiger partial charge in [-0.25, -0.2) is 0 Å². The molecule has 1 aliphatic carbocycles. The summed E-state index contributed by atoms with van der Waals surface area (Å²) in [5, 5.41) is 4.95. The van der Waals surface area contributed by atoms with E-state index < -0.39 is 5.41 Å². The van der Waals surface area contributed by atoms with Crippen molar-refractivity contribution in [3.8, 4) is 100 Å². The Morgan fingerprint density at radius 1 is 0.172 bits per heavy atom. The standard InChI is InChI=1S/C91H60N2/c1-3-18-61(19-4-1)63-36-38-66(39-37-63)67-48-52-75(53-49-67)91(85-32-11-7-28-79(85)80-29-8-12-33-86(80)91)76-25-15-22-70(56-76)68-44-40-64(41-45-68)65-42-46-69(47-43-65)72-24-17-27-78(58-72)93-88-35-14-10-31-82(88)84-60-74(51-55-90(84)93)73-50-54-89-83(59-73)81-30-9-13-34-87(81)92(89)77-26-16-23-71(57-77)62-20-5-2-6-21-62/h1-60H. The van der Waals surface area contributed by atoms with Crippen LogP contribution in [0.3, 0.4) is 0 Å². The van der Waals surface area contributed by atoms with Crippen LogP contribution in [-0.4, -0.2) is 9.13 Å². The van der Waals surface area contributed by atoms with E-state index in [0.717, 1.165) is 11.4 Å². The molecule has 2 heterocycles. The highest BCUT2D eigenvalue weighted by atomic mass is 15.0. The third-order valence-corrected chi connectivity index (χ3v) is 19.7. The number of rotatable bonds is 11. The molecule has 0 atom stereocenters. The Morgan fingerprint density at radius 3 is 0.925 bits per heavy atom. The van der Waals surface area contributed by atoms with E-state index in [1.165, 1.54) is 155 Å². The molecular weight excluding hydrogens is 1120 g/mol. The van der Waals surface area contributed by atoms with E-state index in [1.54, 1.807) is 0 Å². The van der Waals surface area contributed by atoms with Gasteiger partial charge in [0.15, 0.2) is 0 Å². The molecule has 0 unspecified atom stereocenters. The highest BCUT2D eigenvalue weighted by Crippen LogP contribution is 2.57. The maximum atomic E-state index is 2.43. The third-order valence-electron chi connectivity index (χ3n) is 19.7. The molecule has 0 spiro atoms. The van der Waals surface area contributed by atoms with Crippen molar-refractivity contribution < 1.29 is 0 Å². The normalized spacial score (nSPS) is 12.4. The van der Waals surface area contributed by atoms with E-state index in [0.29, 0.717) is 0 Å². The van der Waals surface area contributed by atoms with Gasteiger partial charge >= 0.3 is 0 Å². The van der Waals surface area contributed by atoms with Crippen LogP contribution in [0.2, 0.25) is 0 Å². The fraction of sp³-hybridized carbons (Fsp3) is 0.0110. The van der Waals surface area contributed by atoms with Crippen molar-refractivity contribution in [2.24, 2.45) is 0 Å². The number of benzene rings is 15. The molecule has 15 aromatic carbocycles. The molecule has 2 aromatic heterocycles. The molecule has 2 nitrogen and oxygen atoms in total. The van der Waals surface area contributed by atoms with Gasteiger partial charge in [0.25, 0.3) is 0 Å². The van der Waals surface area contributed by atoms with Crippen LogP contribution in [0.25, 0.3) is 144 Å². The van der Waals surface area contributed by atoms with Gasteiger partial charge in [-0.3, -0.25) is 0 Å². The van der Waals surface area contributed by atoms with E-state index in [9.17, 15) is 0 Å². The van der Waals surface area contributed by atoms with E-state index in [-0.39, 0.29) is 0 Å². The summed E-state index contributed by atoms with van der Waals surface area (Å²) in [6.07, 6.45) is 0. The van der Waals surface area contributed by atoms with Crippen LogP contribution in [-0.2, 0) is 5.41 Å². The van der Waals surface area contributed by atoms with Crippen LogP contribution in [0.4, 0.5) is 0 Å². The number of hydrogen-bond donors (Lipinski definition) is 0. The second-order valence-corrected chi connectivity index (χ2v) is 24.7. The van der Waals surface area contributed by atoms with Gasteiger partial charge in [0.1, 0.15) is 0 Å². The first-order valence-corrected chi connectivity index (χ1v) is 32.2. The van der Waals surface area contributed by atoms with Gasteiger partial charge < -0.3 is 9.13 Å². The first-order chi connectivity index (χ1) is 46.1. The van der Waals surface area contributed by atoms with E-state index in [1.807, 2.05) is 0 Å². The van der Waals surface area contributed by atoms with Crippen LogP contribution in [0.15, 0.2) is 364 Å². The van der Waals surface area contributed by atoms with Crippen LogP contribution in [0.1, 0.15) is 22.3 Å². The maximum absolute atomic E-state index is 2.43. The van der Waals surface area contributed by atoms with E-state index in [4.69, 9.17) is 0 Å². The quantitative estimate of drug-likeness (QED) is 0.122. The van der Waals surface area contributed by atoms with Gasteiger partial charge in [-0.15, -0.1) is 0 Å². The number of nitrogens with zero attached hydrogens (tertiary/aromatic N) is 2. The lowest BCUT2D eigenvalue weighted by Crippen LogP contribution is -2.28. The molecule has 2 heteroatoms. The minimum atomic E-state index is -0.519. The molecule has 0 amide bonds. The predicted octanol–water partition coefficient (Wildman–Crippen LogP) is 23.9. The molecule has 17 aromatic rings. The molecule has 93 heavy (non-hydrogen) atoms. The first kappa shape index (κ1) is 53.9. The second kappa shape index (κ2) is 22.1. The lowest BCUT2D eigenvalue weighted by Gasteiger charge is -2.34. The zero-order valence-electron chi connectivity index (χ0n) is 51.0. The smallest absolute Gasteiger partial charge is 0.0713 e. The fourth-order valence-electron chi connectivity index (χ4n) is 15.2. The number of para-hydroxylation sites is 2. The van der Waals surface area contributed by atoms with Crippen LogP contribution < -0.4 is 0 Å². The zero-order valence-corrected chi connectivity index (χ0v) is 51.0. The highest BCUT2D eigenvalue weighted by molar-refractivity contribution is 6.13. The van der Waals surface area contributed by atoms with Crippen LogP contribution in [0.5, 0.6) is 0 Å². The molecular formula is C91H60N2. The second-order valence-electron chi connectivity index (χ2n) is 24.7. The van der Waals surface area contributed by atoms with Crippen molar-refractivity contribution >= 4 is 43.6 Å². The van der Waals surface area contributed by atoms with Crippen molar-refractivity contribution in [1.82, 2.24) is 9.13 Å². The summed E-state index contributed by atoms with van der Waals surface area (Å²) in [5.74, 6) is 0. The Morgan fingerprint density at radius 2 is 0.473 bits per heavy atom. The van der Waals surface area contributed by atoms with Gasteiger partial charge in [-0.2, -0.15) is 0 Å². The molecule has 18 rings (SSSR count). The minimum absolute atomic E-state index is 0.519. The average Bonchev–Trinajstić information content (AvgIpc) is 1.59. The van der Waals surface area contributed by atoms with Crippen molar-refractivity contribution in [2.75, 3.05) is 0 Å². The van der Waals surface area contributed by atoms with Crippen LogP contribution >= 0.6 is 0 Å². The number of aromatic nitrogens is 2. The van der Waals surface area contributed by atoms with Gasteiger partial charge in [-0.1, -0.05) is 297 Å². The minimum Gasteiger partial charge on any atom is -0.309 e. The van der Waals surface area contributed by atoms with Gasteiger partial charge in [0, 0.05) is 32.9 Å². The Labute approximate surface area is 541 Å². The lowest BCUT2D eigenvalue weighted by molar-refractivity contribution is 0.769. The molecule has 0 radical (unpaired) electrons. The summed E-state index contributed by atoms with van der Waals surface area (Å²) in [6, 6.07) is 135. The molecule has 0 saturated carbocycles. The average molecular weight is 1180 g/mol. The summed E-state index contributed by atoms with van der Waals surface area (Å²) in [5.41, 5.74) is 30.9. The van der Waals surface area contributed by atoms with E-state index >= 15 is 0 Å². The van der Waals surface area contributed by atoms with Crippen molar-refractivity contribution in [1.29, 1.82) is 0 Å². The largest absolute Gasteiger partial charge is 0.309 e.